The second-order valence-corrected chi connectivity index (χ2v) is 6.45. The molecular formula is C19H19FN8. The van der Waals surface area contributed by atoms with Gasteiger partial charge >= 0.3 is 0 Å². The summed E-state index contributed by atoms with van der Waals surface area (Å²) < 4.78 is 16.6. The van der Waals surface area contributed by atoms with Crippen LogP contribution in [0.3, 0.4) is 0 Å². The summed E-state index contributed by atoms with van der Waals surface area (Å²) in [6, 6.07) is 6.42. The molecule has 1 atom stereocenters. The Balaban J connectivity index is 1.81. The molecule has 0 unspecified atom stereocenters. The lowest BCUT2D eigenvalue weighted by molar-refractivity contribution is 0.632. The third-order valence-corrected chi connectivity index (χ3v) is 4.63. The van der Waals surface area contributed by atoms with Crippen molar-refractivity contribution in [3.8, 4) is 11.1 Å². The van der Waals surface area contributed by atoms with Crippen LogP contribution in [0.5, 0.6) is 0 Å². The molecule has 5 N–H and O–H groups in total. The number of benzene rings is 1. The van der Waals surface area contributed by atoms with Gasteiger partial charge in [-0.15, -0.1) is 0 Å². The van der Waals surface area contributed by atoms with Crippen LogP contribution in [-0.4, -0.2) is 24.5 Å². The zero-order chi connectivity index (χ0) is 19.8. The van der Waals surface area contributed by atoms with Gasteiger partial charge < -0.3 is 21.4 Å². The monoisotopic (exact) mass is 378 g/mol. The molecule has 0 saturated carbocycles. The third-order valence-electron chi connectivity index (χ3n) is 4.63. The van der Waals surface area contributed by atoms with E-state index in [1.807, 2.05) is 24.6 Å². The van der Waals surface area contributed by atoms with E-state index in [-0.39, 0.29) is 23.4 Å². The van der Waals surface area contributed by atoms with Gasteiger partial charge in [0.05, 0.1) is 17.1 Å². The van der Waals surface area contributed by atoms with E-state index in [0.29, 0.717) is 33.8 Å². The van der Waals surface area contributed by atoms with Gasteiger partial charge in [-0.05, 0) is 25.1 Å². The number of hydrogen-bond donors (Lipinski definition) is 3. The Bertz CT molecular complexity index is 1160. The van der Waals surface area contributed by atoms with E-state index >= 15 is 0 Å². The van der Waals surface area contributed by atoms with Crippen molar-refractivity contribution in [3.05, 3.63) is 54.6 Å². The SMILES string of the molecule is C[C@H](Nc1ncnc(N)c1N)c1nc2ccc(F)c(-c3cccnc3)c2n1C. The topological polar surface area (TPSA) is 121 Å². The van der Waals surface area contributed by atoms with Crippen molar-refractivity contribution < 1.29 is 4.39 Å². The van der Waals surface area contributed by atoms with Crippen LogP contribution in [0.2, 0.25) is 0 Å². The number of nitrogens with one attached hydrogen (secondary N) is 1. The Hall–Kier alpha value is -3.75. The van der Waals surface area contributed by atoms with Crippen molar-refractivity contribution in [1.82, 2.24) is 24.5 Å². The van der Waals surface area contributed by atoms with Crippen LogP contribution < -0.4 is 16.8 Å². The van der Waals surface area contributed by atoms with E-state index in [2.05, 4.69) is 25.3 Å². The molecule has 4 aromatic rings. The molecule has 0 saturated heterocycles. The fourth-order valence-electron chi connectivity index (χ4n) is 3.26. The van der Waals surface area contributed by atoms with Crippen LogP contribution in [0.25, 0.3) is 22.2 Å². The molecule has 0 aliphatic heterocycles. The smallest absolute Gasteiger partial charge is 0.155 e. The van der Waals surface area contributed by atoms with E-state index in [1.54, 1.807) is 24.5 Å². The molecule has 0 aliphatic rings. The number of pyridine rings is 1. The molecule has 3 aromatic heterocycles. The van der Waals surface area contributed by atoms with Crippen LogP contribution in [0.15, 0.2) is 43.0 Å². The van der Waals surface area contributed by atoms with Crippen LogP contribution in [0.1, 0.15) is 18.8 Å². The maximum atomic E-state index is 14.7. The standard InChI is InChI=1S/C19H19FN8/c1-10(26-18-15(21)17(22)24-9-25-18)19-27-13-6-5-12(20)14(16(13)28(19)2)11-4-3-7-23-8-11/h3-10H,21H2,1-2H3,(H3,22,24,25,26)/t10-/m0/s1. The predicted octanol–water partition coefficient (Wildman–Crippen LogP) is 2.90. The number of aryl methyl sites for hydroxylation is 1. The predicted molar refractivity (Wildman–Crippen MR) is 107 cm³/mol. The number of nitrogen functional groups attached to an aromatic ring is 2. The zero-order valence-electron chi connectivity index (χ0n) is 15.4. The average molecular weight is 378 g/mol. The van der Waals surface area contributed by atoms with Crippen molar-refractivity contribution in [2.24, 2.45) is 7.05 Å². The van der Waals surface area contributed by atoms with E-state index < -0.39 is 0 Å². The molecule has 0 spiro atoms. The molecule has 9 heteroatoms. The van der Waals surface area contributed by atoms with Crippen LogP contribution in [0, 0.1) is 5.82 Å². The minimum absolute atomic E-state index is 0.204. The number of imidazole rings is 1. The van der Waals surface area contributed by atoms with Gasteiger partial charge in [0.1, 0.15) is 23.7 Å². The van der Waals surface area contributed by atoms with E-state index in [1.165, 1.54) is 12.4 Å². The van der Waals surface area contributed by atoms with Gasteiger partial charge in [-0.1, -0.05) is 6.07 Å². The molecule has 0 fully saturated rings. The summed E-state index contributed by atoms with van der Waals surface area (Å²) in [4.78, 5) is 16.8. The second kappa shape index (κ2) is 6.76. The highest BCUT2D eigenvalue weighted by Crippen LogP contribution is 2.33. The number of fused-ring (bicyclic) bond motifs is 1. The highest BCUT2D eigenvalue weighted by atomic mass is 19.1. The molecule has 0 bridgehead atoms. The number of hydrogen-bond acceptors (Lipinski definition) is 7. The Morgan fingerprint density at radius 1 is 1.18 bits per heavy atom. The van der Waals surface area contributed by atoms with Crippen molar-refractivity contribution in [2.45, 2.75) is 13.0 Å². The number of aromatic nitrogens is 5. The molecule has 28 heavy (non-hydrogen) atoms. The van der Waals surface area contributed by atoms with Gasteiger partial charge in [-0.3, -0.25) is 4.98 Å². The number of halogens is 1. The average Bonchev–Trinajstić information content (AvgIpc) is 3.03. The normalized spacial score (nSPS) is 12.2. The first kappa shape index (κ1) is 17.7. The molecule has 8 nitrogen and oxygen atoms in total. The van der Waals surface area contributed by atoms with Gasteiger partial charge in [0.2, 0.25) is 0 Å². The van der Waals surface area contributed by atoms with E-state index in [4.69, 9.17) is 11.5 Å². The Morgan fingerprint density at radius 3 is 2.75 bits per heavy atom. The quantitative estimate of drug-likeness (QED) is 0.499. The molecule has 142 valence electrons. The Kier molecular flexibility index (Phi) is 4.26. The summed E-state index contributed by atoms with van der Waals surface area (Å²) in [6.45, 7) is 1.92. The zero-order valence-corrected chi connectivity index (χ0v) is 15.4. The van der Waals surface area contributed by atoms with Crippen molar-refractivity contribution >= 4 is 28.4 Å². The van der Waals surface area contributed by atoms with Gasteiger partial charge in [0.15, 0.2) is 11.6 Å². The summed E-state index contributed by atoms with van der Waals surface area (Å²) in [5, 5.41) is 3.20. The van der Waals surface area contributed by atoms with Crippen molar-refractivity contribution in [3.63, 3.8) is 0 Å². The summed E-state index contributed by atoms with van der Waals surface area (Å²) >= 11 is 0. The third kappa shape index (κ3) is 2.86. The summed E-state index contributed by atoms with van der Waals surface area (Å²) in [6.07, 6.45) is 4.63. The summed E-state index contributed by atoms with van der Waals surface area (Å²) in [5.74, 6) is 0.993. The lowest BCUT2D eigenvalue weighted by atomic mass is 10.1. The minimum atomic E-state index is -0.330. The molecule has 0 amide bonds. The second-order valence-electron chi connectivity index (χ2n) is 6.45. The van der Waals surface area contributed by atoms with Gasteiger partial charge in [-0.2, -0.15) is 0 Å². The van der Waals surface area contributed by atoms with Gasteiger partial charge in [0, 0.05) is 30.6 Å². The van der Waals surface area contributed by atoms with E-state index in [9.17, 15) is 4.39 Å². The van der Waals surface area contributed by atoms with Crippen LogP contribution >= 0.6 is 0 Å². The van der Waals surface area contributed by atoms with Crippen LogP contribution in [-0.2, 0) is 7.05 Å². The minimum Gasteiger partial charge on any atom is -0.393 e. The highest BCUT2D eigenvalue weighted by molar-refractivity contribution is 5.93. The fourth-order valence-corrected chi connectivity index (χ4v) is 3.26. The molecule has 3 heterocycles. The number of nitrogens with zero attached hydrogens (tertiary/aromatic N) is 5. The number of nitrogens with two attached hydrogens (primary N) is 2. The van der Waals surface area contributed by atoms with Crippen LogP contribution in [0.4, 0.5) is 21.7 Å². The lowest BCUT2D eigenvalue weighted by Crippen LogP contribution is -2.15. The maximum absolute atomic E-state index is 14.7. The lowest BCUT2D eigenvalue weighted by Gasteiger charge is -2.16. The molecular weight excluding hydrogens is 359 g/mol. The fraction of sp³-hybridized carbons (Fsp3) is 0.158. The van der Waals surface area contributed by atoms with E-state index in [0.717, 1.165) is 0 Å². The first-order valence-corrected chi connectivity index (χ1v) is 8.65. The Morgan fingerprint density at radius 2 is 2.00 bits per heavy atom. The molecule has 0 radical (unpaired) electrons. The molecule has 0 aliphatic carbocycles. The Labute approximate surface area is 160 Å². The summed E-state index contributed by atoms with van der Waals surface area (Å²) in [5.41, 5.74) is 14.5. The highest BCUT2D eigenvalue weighted by Gasteiger charge is 2.21. The maximum Gasteiger partial charge on any atom is 0.155 e. The largest absolute Gasteiger partial charge is 0.393 e. The summed E-state index contributed by atoms with van der Waals surface area (Å²) in [7, 11) is 1.85. The van der Waals surface area contributed by atoms with Gasteiger partial charge in [0.25, 0.3) is 0 Å². The first-order valence-electron chi connectivity index (χ1n) is 8.65. The first-order chi connectivity index (χ1) is 13.5. The number of anilines is 3. The molecule has 1 aromatic carbocycles. The van der Waals surface area contributed by atoms with Crippen molar-refractivity contribution in [2.75, 3.05) is 16.8 Å². The number of rotatable bonds is 4. The van der Waals surface area contributed by atoms with Crippen molar-refractivity contribution in [1.29, 1.82) is 0 Å². The molecule has 4 rings (SSSR count). The van der Waals surface area contributed by atoms with Gasteiger partial charge in [-0.25, -0.2) is 19.3 Å².